The van der Waals surface area contributed by atoms with Gasteiger partial charge in [0.25, 0.3) is 5.56 Å². The Morgan fingerprint density at radius 2 is 2.19 bits per heavy atom. The van der Waals surface area contributed by atoms with Gasteiger partial charge in [-0.05, 0) is 19.4 Å². The molecule has 2 heterocycles. The van der Waals surface area contributed by atoms with Gasteiger partial charge in [-0.25, -0.2) is 4.98 Å². The Morgan fingerprint density at radius 3 is 2.88 bits per heavy atom. The molecule has 0 aliphatic heterocycles. The Bertz CT molecular complexity index is 1020. The van der Waals surface area contributed by atoms with Crippen LogP contribution in [0.1, 0.15) is 20.3 Å². The van der Waals surface area contributed by atoms with Crippen LogP contribution < -0.4 is 5.56 Å². The maximum absolute atomic E-state index is 13.0. The fourth-order valence-corrected chi connectivity index (χ4v) is 3.83. The summed E-state index contributed by atoms with van der Waals surface area (Å²) in [5, 5.41) is 0.962. The van der Waals surface area contributed by atoms with Crippen LogP contribution in [-0.2, 0) is 16.1 Å². The van der Waals surface area contributed by atoms with Crippen molar-refractivity contribution in [3.8, 4) is 0 Å². The molecule has 136 valence electrons. The number of nitrogens with zero attached hydrogens (tertiary/aromatic N) is 2. The van der Waals surface area contributed by atoms with E-state index >= 15 is 0 Å². The molecule has 0 aliphatic carbocycles. The Kier molecular flexibility index (Phi) is 5.46. The molecule has 0 bridgehead atoms. The zero-order chi connectivity index (χ0) is 18.7. The highest BCUT2D eigenvalue weighted by Gasteiger charge is 2.23. The van der Waals surface area contributed by atoms with Crippen molar-refractivity contribution in [2.24, 2.45) is 0 Å². The summed E-state index contributed by atoms with van der Waals surface area (Å²) in [5.41, 5.74) is 1.76. The highest BCUT2D eigenvalue weighted by atomic mass is 32.2. The molecular formula is C19H21N3O3S. The van der Waals surface area contributed by atoms with Crippen molar-refractivity contribution in [3.05, 3.63) is 47.3 Å². The van der Waals surface area contributed by atoms with Gasteiger partial charge in [0.05, 0.1) is 6.61 Å². The predicted molar refractivity (Wildman–Crippen MR) is 105 cm³/mol. The molecular weight excluding hydrogens is 350 g/mol. The number of ether oxygens (including phenoxy) is 1. The summed E-state index contributed by atoms with van der Waals surface area (Å²) in [7, 11) is 0. The van der Waals surface area contributed by atoms with Crippen molar-refractivity contribution in [1.29, 1.82) is 0 Å². The first-order valence-corrected chi connectivity index (χ1v) is 9.44. The molecule has 26 heavy (non-hydrogen) atoms. The zero-order valence-corrected chi connectivity index (χ0v) is 15.6. The number of hydrogen-bond donors (Lipinski definition) is 1. The van der Waals surface area contributed by atoms with Crippen LogP contribution in [0.3, 0.4) is 0 Å². The second-order valence-electron chi connectivity index (χ2n) is 5.76. The number of carbonyl (C=O) groups excluding carboxylic acids is 1. The van der Waals surface area contributed by atoms with Crippen LogP contribution in [0, 0.1) is 0 Å². The molecule has 3 aromatic rings. The highest BCUT2D eigenvalue weighted by molar-refractivity contribution is 8.00. The lowest BCUT2D eigenvalue weighted by Crippen LogP contribution is -2.26. The number of aromatic nitrogens is 3. The molecule has 0 radical (unpaired) electrons. The number of H-pyrrole nitrogens is 1. The largest absolute Gasteiger partial charge is 0.465 e. The van der Waals surface area contributed by atoms with Crippen LogP contribution in [0.4, 0.5) is 0 Å². The molecule has 0 spiro atoms. The molecule has 0 saturated carbocycles. The maximum atomic E-state index is 13.0. The van der Waals surface area contributed by atoms with E-state index in [1.807, 2.05) is 31.2 Å². The number of carbonyl (C=O) groups is 1. The van der Waals surface area contributed by atoms with E-state index in [0.717, 1.165) is 10.9 Å². The molecule has 1 atom stereocenters. The second-order valence-corrected chi connectivity index (χ2v) is 6.93. The minimum atomic E-state index is -0.416. The topological polar surface area (TPSA) is 77.0 Å². The standard InChI is InChI=1S/C19H21N3O3S/c1-4-11-22-17(23)16-15(12-9-7-8-10-13(12)20-16)21-19(22)26-14(5-2)18(24)25-6-3/h4,7-10,14,20H,1,5-6,11H2,2-3H3. The summed E-state index contributed by atoms with van der Waals surface area (Å²) in [6.45, 7) is 8.06. The molecule has 6 nitrogen and oxygen atoms in total. The molecule has 1 unspecified atom stereocenters. The third-order valence-electron chi connectivity index (χ3n) is 4.06. The minimum absolute atomic E-state index is 0.174. The summed E-state index contributed by atoms with van der Waals surface area (Å²) in [6, 6.07) is 7.65. The number of allylic oxidation sites excluding steroid dienone is 1. The Hall–Kier alpha value is -2.54. The van der Waals surface area contributed by atoms with Gasteiger partial charge in [0.1, 0.15) is 16.3 Å². The van der Waals surface area contributed by atoms with E-state index < -0.39 is 5.25 Å². The van der Waals surface area contributed by atoms with Crippen LogP contribution >= 0.6 is 11.8 Å². The van der Waals surface area contributed by atoms with Gasteiger partial charge in [-0.1, -0.05) is 43.0 Å². The van der Waals surface area contributed by atoms with Gasteiger partial charge in [-0.15, -0.1) is 6.58 Å². The minimum Gasteiger partial charge on any atom is -0.465 e. The number of aromatic amines is 1. The summed E-state index contributed by atoms with van der Waals surface area (Å²) in [4.78, 5) is 33.0. The van der Waals surface area contributed by atoms with Gasteiger partial charge >= 0.3 is 5.97 Å². The second kappa shape index (κ2) is 7.78. The lowest BCUT2D eigenvalue weighted by Gasteiger charge is -2.15. The first kappa shape index (κ1) is 18.3. The normalized spacial score (nSPS) is 12.4. The van der Waals surface area contributed by atoms with E-state index in [1.165, 1.54) is 16.3 Å². The third kappa shape index (κ3) is 3.26. The summed E-state index contributed by atoms with van der Waals surface area (Å²) in [5.74, 6) is -0.293. The van der Waals surface area contributed by atoms with E-state index in [4.69, 9.17) is 9.72 Å². The Morgan fingerprint density at radius 1 is 1.42 bits per heavy atom. The van der Waals surface area contributed by atoms with E-state index in [9.17, 15) is 9.59 Å². The Balaban J connectivity index is 2.17. The number of benzene rings is 1. The SMILES string of the molecule is C=CCn1c(SC(CC)C(=O)OCC)nc2c([nH]c3ccccc32)c1=O. The van der Waals surface area contributed by atoms with Crippen LogP contribution in [0.15, 0.2) is 46.9 Å². The lowest BCUT2D eigenvalue weighted by atomic mass is 10.2. The monoisotopic (exact) mass is 371 g/mol. The molecule has 2 aromatic heterocycles. The number of esters is 1. The summed E-state index contributed by atoms with van der Waals surface area (Å²) >= 11 is 1.26. The molecule has 1 aromatic carbocycles. The predicted octanol–water partition coefficient (Wildman–Crippen LogP) is 3.50. The summed E-state index contributed by atoms with van der Waals surface area (Å²) in [6.07, 6.45) is 2.23. The maximum Gasteiger partial charge on any atom is 0.319 e. The van der Waals surface area contributed by atoms with E-state index in [-0.39, 0.29) is 11.5 Å². The summed E-state index contributed by atoms with van der Waals surface area (Å²) < 4.78 is 6.68. The number of thioether (sulfide) groups is 1. The first-order chi connectivity index (χ1) is 12.6. The number of fused-ring (bicyclic) bond motifs is 3. The smallest absolute Gasteiger partial charge is 0.319 e. The van der Waals surface area contributed by atoms with Crippen LogP contribution in [0.25, 0.3) is 21.9 Å². The Labute approximate surface area is 155 Å². The highest BCUT2D eigenvalue weighted by Crippen LogP contribution is 2.28. The molecule has 0 aliphatic rings. The van der Waals surface area contributed by atoms with Crippen LogP contribution in [-0.4, -0.2) is 32.4 Å². The van der Waals surface area contributed by atoms with E-state index in [2.05, 4.69) is 11.6 Å². The van der Waals surface area contributed by atoms with Crippen LogP contribution in [0.2, 0.25) is 0 Å². The van der Waals surface area contributed by atoms with E-state index in [0.29, 0.717) is 35.8 Å². The number of para-hydroxylation sites is 1. The number of rotatable bonds is 7. The van der Waals surface area contributed by atoms with Crippen molar-refractivity contribution in [1.82, 2.24) is 14.5 Å². The van der Waals surface area contributed by atoms with Gasteiger partial charge in [0.15, 0.2) is 5.16 Å². The van der Waals surface area contributed by atoms with Gasteiger partial charge in [0.2, 0.25) is 0 Å². The van der Waals surface area contributed by atoms with Crippen molar-refractivity contribution in [2.45, 2.75) is 37.2 Å². The quantitative estimate of drug-likeness (QED) is 0.298. The fourth-order valence-electron chi connectivity index (χ4n) is 2.82. The van der Waals surface area contributed by atoms with Crippen molar-refractivity contribution < 1.29 is 9.53 Å². The lowest BCUT2D eigenvalue weighted by molar-refractivity contribution is -0.142. The average molecular weight is 371 g/mol. The number of hydrogen-bond acceptors (Lipinski definition) is 5. The molecule has 3 rings (SSSR count). The zero-order valence-electron chi connectivity index (χ0n) is 14.8. The third-order valence-corrected chi connectivity index (χ3v) is 5.39. The van der Waals surface area contributed by atoms with Crippen molar-refractivity contribution in [2.75, 3.05) is 6.61 Å². The van der Waals surface area contributed by atoms with Crippen molar-refractivity contribution >= 4 is 39.7 Å². The molecule has 0 saturated heterocycles. The number of nitrogens with one attached hydrogen (secondary N) is 1. The van der Waals surface area contributed by atoms with Gasteiger partial charge in [-0.3, -0.25) is 14.2 Å². The first-order valence-electron chi connectivity index (χ1n) is 8.56. The molecule has 1 N–H and O–H groups in total. The molecule has 0 fully saturated rings. The van der Waals surface area contributed by atoms with Gasteiger partial charge in [0, 0.05) is 17.4 Å². The van der Waals surface area contributed by atoms with Gasteiger partial charge < -0.3 is 9.72 Å². The molecule has 0 amide bonds. The van der Waals surface area contributed by atoms with E-state index in [1.54, 1.807) is 13.0 Å². The molecule has 7 heteroatoms. The van der Waals surface area contributed by atoms with Crippen LogP contribution in [0.5, 0.6) is 0 Å². The fraction of sp³-hybridized carbons (Fsp3) is 0.316. The average Bonchev–Trinajstić information content (AvgIpc) is 3.01. The van der Waals surface area contributed by atoms with Crippen molar-refractivity contribution in [3.63, 3.8) is 0 Å². The van der Waals surface area contributed by atoms with Gasteiger partial charge in [-0.2, -0.15) is 0 Å².